The second-order valence-corrected chi connectivity index (χ2v) is 49.9. The van der Waals surface area contributed by atoms with Crippen LogP contribution in [-0.4, -0.2) is 90.1 Å². The fourth-order valence-electron chi connectivity index (χ4n) is 13.3. The molecule has 3 N–H and O–H groups in total. The van der Waals surface area contributed by atoms with E-state index in [1.54, 1.807) is 58.2 Å². The van der Waals surface area contributed by atoms with Crippen molar-refractivity contribution in [2.24, 2.45) is 5.14 Å². The van der Waals surface area contributed by atoms with Gasteiger partial charge in [0.1, 0.15) is 5.25 Å². The molecule has 0 spiro atoms. The van der Waals surface area contributed by atoms with E-state index in [0.717, 1.165) is 94.3 Å². The Morgan fingerprint density at radius 1 is 0.323 bits per heavy atom. The molecule has 0 radical (unpaired) electrons. The lowest BCUT2D eigenvalue weighted by atomic mass is 9.97. The number of alkyl halides is 9. The highest BCUT2D eigenvalue weighted by Gasteiger charge is 2.48. The molecule has 0 aromatic heterocycles. The first-order valence-electron chi connectivity index (χ1n) is 45.4. The molecule has 0 saturated carbocycles. The van der Waals surface area contributed by atoms with Crippen LogP contribution in [0.1, 0.15) is 412 Å². The summed E-state index contributed by atoms with van der Waals surface area (Å²) < 4.78 is 226. The number of halogens is 9. The van der Waals surface area contributed by atoms with Gasteiger partial charge in [-0.15, -0.1) is 35.3 Å². The van der Waals surface area contributed by atoms with Crippen LogP contribution in [0.5, 0.6) is 0 Å². The lowest BCUT2D eigenvalue weighted by Crippen LogP contribution is -2.25. The molecule has 8 aromatic rings. The first-order valence-corrected chi connectivity index (χ1v) is 56.4. The molecule has 0 saturated heterocycles. The average Bonchev–Trinajstić information content (AvgIpc) is 0.762. The summed E-state index contributed by atoms with van der Waals surface area (Å²) in [4.78, 5) is 4.10. The normalized spacial score (nSPS) is 12.8. The lowest BCUT2D eigenvalue weighted by molar-refractivity contribution is -0.125. The van der Waals surface area contributed by atoms with Crippen molar-refractivity contribution in [3.63, 3.8) is 0 Å². The van der Waals surface area contributed by atoms with Crippen LogP contribution in [0.3, 0.4) is 0 Å². The Morgan fingerprint density at radius 2 is 0.564 bits per heavy atom. The highest BCUT2D eigenvalue weighted by Crippen LogP contribution is 2.43. The van der Waals surface area contributed by atoms with Gasteiger partial charge in [-0.05, 0) is 245 Å². The van der Waals surface area contributed by atoms with E-state index >= 15 is 0 Å². The van der Waals surface area contributed by atoms with Crippen LogP contribution in [0, 0.1) is 0 Å². The van der Waals surface area contributed by atoms with Crippen LogP contribution >= 0.6 is 35.3 Å². The van der Waals surface area contributed by atoms with E-state index in [0.29, 0.717) is 63.4 Å². The van der Waals surface area contributed by atoms with E-state index < -0.39 is 84.4 Å². The molecule has 0 aliphatic heterocycles. The molecule has 28 heteroatoms. The van der Waals surface area contributed by atoms with Crippen LogP contribution in [0.2, 0.25) is 0 Å². The Balaban J connectivity index is 0.000000761. The fraction of sp³-hybridized carbons (Fsp3) is 0.543. The maximum absolute atomic E-state index is 12.7. The summed E-state index contributed by atoms with van der Waals surface area (Å²) in [6.07, 6.45) is -3.09. The number of sulfonamides is 1. The molecule has 0 heterocycles. The van der Waals surface area contributed by atoms with Crippen molar-refractivity contribution in [2.45, 2.75) is 385 Å². The Hall–Kier alpha value is -5.95. The SMILES string of the molecule is CC(C)c1ccc(C(C)C)c(S(=O)(=O)C(F)(F)F)c1.CC(C)c1ccc(C(C)C)c(S(=O)(=O)O)c1.CC(C)c1ccc(C(C)C)c(S(C)(=O)=O)c1.CC(C)c1ccc(C(C)C)c(S(C)=O)c1.CC(C)c1ccc(C(C)C)c(S(N)(=O)=O)c1.CC(C)c1ccc(C(C)C)c(SC(C)C(F)(F)F)c1.CC(C)c1ccc(C(C)C)c(SCC(F)(F)F)c1.CSc1cc(C(C)C)ccc1C(C)C. The predicted molar refractivity (Wildman–Crippen MR) is 547 cm³/mol. The molecule has 11 nitrogen and oxygen atoms in total. The third-order valence-corrected chi connectivity index (χ3v) is 30.6. The van der Waals surface area contributed by atoms with Crippen molar-refractivity contribution < 1.29 is 81.9 Å². The van der Waals surface area contributed by atoms with E-state index in [9.17, 15) is 81.9 Å². The average molecular weight is 2020 g/mol. The summed E-state index contributed by atoms with van der Waals surface area (Å²) in [5.74, 6) is 3.46. The minimum Gasteiger partial charge on any atom is -0.282 e. The number of benzene rings is 8. The van der Waals surface area contributed by atoms with Crippen LogP contribution in [-0.2, 0) is 50.6 Å². The fourth-order valence-corrected chi connectivity index (χ4v) is 21.3. The van der Waals surface area contributed by atoms with Crippen LogP contribution in [0.25, 0.3) is 0 Å². The minimum absolute atomic E-state index is 0.0358. The summed E-state index contributed by atoms with van der Waals surface area (Å²) in [7, 11) is -17.1. The maximum atomic E-state index is 12.7. The molecule has 0 fully saturated rings. The van der Waals surface area contributed by atoms with Crippen LogP contribution < -0.4 is 5.14 Å². The Kier molecular flexibility index (Phi) is 51.3. The number of rotatable bonds is 26. The highest BCUT2D eigenvalue weighted by atomic mass is 32.2. The summed E-state index contributed by atoms with van der Waals surface area (Å²) in [6, 6.07) is 45.8. The summed E-state index contributed by atoms with van der Waals surface area (Å²) >= 11 is 3.66. The summed E-state index contributed by atoms with van der Waals surface area (Å²) in [5, 5.41) is 3.85. The molecule has 8 rings (SSSR count). The molecule has 0 aliphatic carbocycles. The van der Waals surface area contributed by atoms with E-state index in [1.165, 1.54) is 46.4 Å². The van der Waals surface area contributed by atoms with Crippen molar-refractivity contribution in [3.05, 3.63) is 235 Å². The Labute approximate surface area is 811 Å². The number of nitrogens with two attached hydrogens (primary N) is 1. The van der Waals surface area contributed by atoms with Gasteiger partial charge in [-0.1, -0.05) is 319 Å². The Morgan fingerprint density at radius 3 is 0.835 bits per heavy atom. The number of hydrogen-bond acceptors (Lipinski definition) is 12. The molecule has 0 amide bonds. The van der Waals surface area contributed by atoms with Crippen molar-refractivity contribution in [1.29, 1.82) is 0 Å². The monoisotopic (exact) mass is 2020 g/mol. The zero-order valence-corrected chi connectivity index (χ0v) is 91.8. The topological polar surface area (TPSA) is 200 Å². The largest absolute Gasteiger partial charge is 0.501 e. The van der Waals surface area contributed by atoms with Gasteiger partial charge in [-0.2, -0.15) is 47.9 Å². The third-order valence-electron chi connectivity index (χ3n) is 21.9. The maximum Gasteiger partial charge on any atom is 0.501 e. The van der Waals surface area contributed by atoms with E-state index in [1.807, 2.05) is 209 Å². The van der Waals surface area contributed by atoms with Crippen LogP contribution in [0.4, 0.5) is 39.5 Å². The molecule has 0 bridgehead atoms. The summed E-state index contributed by atoms with van der Waals surface area (Å²) in [6.45, 7) is 65.8. The molecule has 8 aromatic carbocycles. The zero-order valence-electron chi connectivity index (χ0n) is 85.2. The van der Waals surface area contributed by atoms with E-state index in [-0.39, 0.29) is 62.7 Å². The van der Waals surface area contributed by atoms with Crippen molar-refractivity contribution in [3.8, 4) is 0 Å². The second-order valence-electron chi connectivity index (χ2n) is 38.5. The number of hydrogen-bond donors (Lipinski definition) is 2. The molecule has 2 atom stereocenters. The smallest absolute Gasteiger partial charge is 0.282 e. The van der Waals surface area contributed by atoms with Crippen molar-refractivity contribution in [1.82, 2.24) is 0 Å². The molecule has 133 heavy (non-hydrogen) atoms. The second kappa shape index (κ2) is 54.6. The molecular weight excluding hydrogens is 1860 g/mol. The van der Waals surface area contributed by atoms with Crippen LogP contribution in [0.15, 0.2) is 185 Å². The van der Waals surface area contributed by atoms with Gasteiger partial charge in [0, 0.05) is 32.1 Å². The first-order chi connectivity index (χ1) is 60.5. The van der Waals surface area contributed by atoms with E-state index in [2.05, 4.69) is 112 Å². The predicted octanol–water partition coefficient (Wildman–Crippen LogP) is 33.2. The van der Waals surface area contributed by atoms with Gasteiger partial charge in [0.05, 0.1) is 36.1 Å². The van der Waals surface area contributed by atoms with Gasteiger partial charge < -0.3 is 0 Å². The van der Waals surface area contributed by atoms with Gasteiger partial charge in [-0.3, -0.25) is 8.76 Å². The minimum atomic E-state index is -5.31. The van der Waals surface area contributed by atoms with Gasteiger partial charge in [0.2, 0.25) is 10.0 Å². The molecule has 0 aliphatic rings. The molecule has 2 unspecified atom stereocenters. The van der Waals surface area contributed by atoms with Crippen molar-refractivity contribution in [2.75, 3.05) is 24.5 Å². The van der Waals surface area contributed by atoms with E-state index in [4.69, 9.17) is 5.14 Å². The number of sulfone groups is 2. The van der Waals surface area contributed by atoms with Gasteiger partial charge >= 0.3 is 17.9 Å². The standard InChI is InChI=1S/C15H21F3S.C14H19F3S.C13H17F3O2S.C13H20O2S.C13H20OS.C13H20S.C12H19NO2S.C12H18O3S/c1-9(2)12-6-7-13(10(3)4)14(8-12)19-11(5)15(16,17)18;1-9(2)11-5-6-12(10(3)4)13(7-11)18-8-14(15,16)17;1-8(2)10-5-6-11(9(3)4)12(7-10)19(17,18)13(14,15)16;1-9(2)11-6-7-12(10(3)4)13(8-11)16(5,14)15;1-9(2)11-6-7-12(10(3)4)13(8-11)15(5)14;1-9(2)11-6-7-12(10(3)4)13(8-11)14-5;2*1-8(2)10-5-6-11(9(3)4)12(7-10)16(13,14)15/h6-11H,1-5H3;5-7,9-10H,8H2,1-4H3;5-9H,1-4H3;6-10H,1-5H3;6-10H,1-5H3;6-10H,1-5H3;5-9H,1-4H3,(H2,13,14,15);5-9H,1-4H3,(H,13,14,15). The van der Waals surface area contributed by atoms with Gasteiger partial charge in [-0.25, -0.2) is 30.4 Å². The quantitative estimate of drug-likeness (QED) is 0.0295. The van der Waals surface area contributed by atoms with Gasteiger partial charge in [0.25, 0.3) is 20.0 Å². The number of thioether (sulfide) groups is 3. The zero-order chi connectivity index (χ0) is 104. The third kappa shape index (κ3) is 41.2. The van der Waals surface area contributed by atoms with Gasteiger partial charge in [0.15, 0.2) is 9.84 Å². The highest BCUT2D eigenvalue weighted by molar-refractivity contribution is 8.00. The lowest BCUT2D eigenvalue weighted by Gasteiger charge is -2.20. The molecular formula is C105H154F9NO10S8. The summed E-state index contributed by atoms with van der Waals surface area (Å²) in [5.41, 5.74) is 10.4. The molecule has 750 valence electrons. The Bertz CT molecular complexity index is 5280. The first kappa shape index (κ1) is 125. The van der Waals surface area contributed by atoms with Crippen molar-refractivity contribution >= 4 is 85.9 Å². The number of primary sulfonamides is 1.